The van der Waals surface area contributed by atoms with Gasteiger partial charge in [0.25, 0.3) is 11.8 Å². The van der Waals surface area contributed by atoms with Crippen molar-refractivity contribution in [3.63, 3.8) is 0 Å². The van der Waals surface area contributed by atoms with Crippen molar-refractivity contribution in [2.75, 3.05) is 33.1 Å². The van der Waals surface area contributed by atoms with Crippen LogP contribution in [0.3, 0.4) is 0 Å². The summed E-state index contributed by atoms with van der Waals surface area (Å²) in [7, 11) is 5.39. The van der Waals surface area contributed by atoms with Crippen molar-refractivity contribution in [3.05, 3.63) is 76.6 Å². The summed E-state index contributed by atoms with van der Waals surface area (Å²) in [6.07, 6.45) is 4.97. The highest BCUT2D eigenvalue weighted by Crippen LogP contribution is 2.33. The predicted octanol–water partition coefficient (Wildman–Crippen LogP) is 6.00. The van der Waals surface area contributed by atoms with Crippen LogP contribution in [0.15, 0.2) is 48.7 Å². The molecular formula is C33H39N5O3. The summed E-state index contributed by atoms with van der Waals surface area (Å²) in [6, 6.07) is 15.1. The molecule has 0 spiro atoms. The summed E-state index contributed by atoms with van der Waals surface area (Å²) in [5.41, 5.74) is 4.86. The van der Waals surface area contributed by atoms with Gasteiger partial charge in [0.1, 0.15) is 11.8 Å². The number of methoxy groups -OCH3 is 1. The third kappa shape index (κ3) is 6.41. The van der Waals surface area contributed by atoms with Gasteiger partial charge < -0.3 is 15.0 Å². The minimum Gasteiger partial charge on any atom is -0.495 e. The van der Waals surface area contributed by atoms with Gasteiger partial charge in [-0.2, -0.15) is 5.26 Å². The molecule has 1 aliphatic heterocycles. The highest BCUT2D eigenvalue weighted by Gasteiger charge is 2.27. The van der Waals surface area contributed by atoms with E-state index in [9.17, 15) is 14.9 Å². The molecule has 0 aliphatic carbocycles. The molecule has 41 heavy (non-hydrogen) atoms. The third-order valence-corrected chi connectivity index (χ3v) is 7.81. The van der Waals surface area contributed by atoms with Crippen molar-refractivity contribution in [1.29, 1.82) is 5.26 Å². The number of piperidine rings is 1. The number of hydrogen-bond acceptors (Lipinski definition) is 6. The summed E-state index contributed by atoms with van der Waals surface area (Å²) in [6.45, 7) is 8.98. The molecule has 1 aliphatic rings. The summed E-state index contributed by atoms with van der Waals surface area (Å²) in [5, 5.41) is 12.6. The molecule has 0 bridgehead atoms. The Hall–Kier alpha value is -4.22. The van der Waals surface area contributed by atoms with Crippen molar-refractivity contribution in [2.45, 2.75) is 58.5 Å². The Bertz CT molecular complexity index is 1480. The van der Waals surface area contributed by atoms with Crippen molar-refractivity contribution in [1.82, 2.24) is 14.8 Å². The number of rotatable bonds is 6. The summed E-state index contributed by atoms with van der Waals surface area (Å²) >= 11 is 0. The molecule has 2 amide bonds. The maximum Gasteiger partial charge on any atom is 0.259 e. The van der Waals surface area contributed by atoms with E-state index in [-0.39, 0.29) is 28.8 Å². The Kier molecular flexibility index (Phi) is 8.79. The number of carbonyl (C=O) groups is 2. The van der Waals surface area contributed by atoms with E-state index in [0.29, 0.717) is 16.8 Å². The van der Waals surface area contributed by atoms with Crippen LogP contribution in [-0.2, 0) is 5.41 Å². The van der Waals surface area contributed by atoms with Gasteiger partial charge in [0, 0.05) is 23.9 Å². The zero-order valence-corrected chi connectivity index (χ0v) is 25.0. The number of pyridine rings is 1. The van der Waals surface area contributed by atoms with E-state index in [1.165, 1.54) is 7.11 Å². The van der Waals surface area contributed by atoms with Crippen LogP contribution in [0, 0.1) is 18.3 Å². The monoisotopic (exact) mass is 553 g/mol. The zero-order valence-electron chi connectivity index (χ0n) is 25.0. The smallest absolute Gasteiger partial charge is 0.259 e. The molecule has 1 saturated heterocycles. The van der Waals surface area contributed by atoms with Crippen molar-refractivity contribution < 1.29 is 14.3 Å². The topological polar surface area (TPSA) is 98.6 Å². The van der Waals surface area contributed by atoms with Gasteiger partial charge in [-0.15, -0.1) is 0 Å². The first kappa shape index (κ1) is 29.8. The molecule has 2 aromatic carbocycles. The van der Waals surface area contributed by atoms with Crippen molar-refractivity contribution in [2.24, 2.45) is 0 Å². The van der Waals surface area contributed by atoms with Gasteiger partial charge in [-0.1, -0.05) is 32.9 Å². The van der Waals surface area contributed by atoms with Gasteiger partial charge in [-0.25, -0.2) is 0 Å². The molecule has 1 unspecified atom stereocenters. The molecule has 1 aromatic heterocycles. The minimum atomic E-state index is -0.391. The van der Waals surface area contributed by atoms with Crippen LogP contribution in [0.4, 0.5) is 5.69 Å². The number of carbonyl (C=O) groups excluding carboxylic acids is 2. The number of aromatic nitrogens is 1. The molecule has 1 N–H and O–H groups in total. The maximum absolute atomic E-state index is 13.4. The maximum atomic E-state index is 13.4. The molecule has 214 valence electrons. The van der Waals surface area contributed by atoms with Crippen LogP contribution >= 0.6 is 0 Å². The summed E-state index contributed by atoms with van der Waals surface area (Å²) < 4.78 is 5.47. The lowest BCUT2D eigenvalue weighted by molar-refractivity contribution is 0.0358. The fraction of sp³-hybridized carbons (Fsp3) is 0.394. The SMILES string of the molecule is COc1c(C#N)cc(C(C)(C)C)cc1C(=O)Nc1cnc(C)c(-c2ccc(C(=O)N(C)C3CCCCN3C)cc2)c1. The zero-order chi connectivity index (χ0) is 29.9. The van der Waals surface area contributed by atoms with Crippen molar-refractivity contribution >= 4 is 17.5 Å². The first-order chi connectivity index (χ1) is 19.4. The van der Waals surface area contributed by atoms with E-state index in [1.807, 2.05) is 70.0 Å². The largest absolute Gasteiger partial charge is 0.495 e. The van der Waals surface area contributed by atoms with Crippen LogP contribution in [0.25, 0.3) is 11.1 Å². The fourth-order valence-corrected chi connectivity index (χ4v) is 5.30. The quantitative estimate of drug-likeness (QED) is 0.402. The number of nitrogens with one attached hydrogen (secondary N) is 1. The minimum absolute atomic E-state index is 0.00525. The number of nitriles is 1. The highest BCUT2D eigenvalue weighted by molar-refractivity contribution is 6.07. The average Bonchev–Trinajstić information content (AvgIpc) is 2.96. The Morgan fingerprint density at radius 2 is 1.85 bits per heavy atom. The van der Waals surface area contributed by atoms with E-state index < -0.39 is 5.91 Å². The second-order valence-electron chi connectivity index (χ2n) is 11.7. The van der Waals surface area contributed by atoms with Crippen LogP contribution in [0.5, 0.6) is 5.75 Å². The number of amides is 2. The van der Waals surface area contributed by atoms with E-state index in [1.54, 1.807) is 18.3 Å². The molecule has 8 nitrogen and oxygen atoms in total. The van der Waals surface area contributed by atoms with Crippen molar-refractivity contribution in [3.8, 4) is 22.9 Å². The standard InChI is InChI=1S/C33H39N5O3/c1-21-27(22-11-13-23(14-12-22)32(40)38(6)29-10-8-9-15-37(29)5)18-26(20-35-21)36-31(39)28-17-25(33(2,3)4)16-24(19-34)30(28)41-7/h11-14,16-18,20,29H,8-10,15H2,1-7H3,(H,36,39). The number of ether oxygens (including phenoxy) is 1. The van der Waals surface area contributed by atoms with Gasteiger partial charge in [0.05, 0.1) is 36.3 Å². The summed E-state index contributed by atoms with van der Waals surface area (Å²) in [5.74, 6) is -0.157. The van der Waals surface area contributed by atoms with Gasteiger partial charge in [0.15, 0.2) is 0 Å². The number of nitrogens with zero attached hydrogens (tertiary/aromatic N) is 4. The molecule has 4 rings (SSSR count). The molecule has 0 radical (unpaired) electrons. The van der Waals surface area contributed by atoms with Crippen LogP contribution in [-0.4, -0.2) is 60.5 Å². The lowest BCUT2D eigenvalue weighted by atomic mass is 9.84. The number of anilines is 1. The lowest BCUT2D eigenvalue weighted by Gasteiger charge is -2.38. The molecule has 8 heteroatoms. The molecule has 3 aromatic rings. The van der Waals surface area contributed by atoms with Gasteiger partial charge in [-0.05, 0) is 86.7 Å². The van der Waals surface area contributed by atoms with Crippen LogP contribution in [0.2, 0.25) is 0 Å². The van der Waals surface area contributed by atoms with E-state index in [0.717, 1.165) is 48.2 Å². The molecule has 1 fully saturated rings. The number of benzene rings is 2. The Morgan fingerprint density at radius 1 is 1.15 bits per heavy atom. The predicted molar refractivity (Wildman–Crippen MR) is 161 cm³/mol. The van der Waals surface area contributed by atoms with Gasteiger partial charge >= 0.3 is 0 Å². The average molecular weight is 554 g/mol. The molecule has 1 atom stereocenters. The number of aryl methyl sites for hydroxylation is 1. The second-order valence-corrected chi connectivity index (χ2v) is 11.7. The van der Waals surface area contributed by atoms with Crippen LogP contribution < -0.4 is 10.1 Å². The Morgan fingerprint density at radius 3 is 2.46 bits per heavy atom. The highest BCUT2D eigenvalue weighted by atomic mass is 16.5. The second kappa shape index (κ2) is 12.1. The number of likely N-dealkylation sites (tertiary alicyclic amines) is 1. The van der Waals surface area contributed by atoms with Gasteiger partial charge in [0.2, 0.25) is 0 Å². The molecular weight excluding hydrogens is 514 g/mol. The molecule has 0 saturated carbocycles. The summed E-state index contributed by atoms with van der Waals surface area (Å²) in [4.78, 5) is 35.2. The Balaban J connectivity index is 1.58. The first-order valence-electron chi connectivity index (χ1n) is 13.9. The molecule has 2 heterocycles. The van der Waals surface area contributed by atoms with E-state index in [4.69, 9.17) is 4.74 Å². The lowest BCUT2D eigenvalue weighted by Crippen LogP contribution is -2.49. The third-order valence-electron chi connectivity index (χ3n) is 7.81. The van der Waals surface area contributed by atoms with Gasteiger partial charge in [-0.3, -0.25) is 19.5 Å². The Labute approximate surface area is 242 Å². The normalized spacial score (nSPS) is 15.6. The fourth-order valence-electron chi connectivity index (χ4n) is 5.30. The first-order valence-corrected chi connectivity index (χ1v) is 13.9. The van der Waals surface area contributed by atoms with E-state index in [2.05, 4.69) is 28.3 Å². The number of hydrogen-bond donors (Lipinski definition) is 1. The van der Waals surface area contributed by atoms with E-state index >= 15 is 0 Å². The van der Waals surface area contributed by atoms with Crippen LogP contribution in [0.1, 0.15) is 77.6 Å².